The number of hydrogen-bond donors (Lipinski definition) is 1. The largest absolute Gasteiger partial charge is 0.353 e. The highest BCUT2D eigenvalue weighted by atomic mass is 16.2. The van der Waals surface area contributed by atoms with Crippen molar-refractivity contribution < 1.29 is 4.79 Å². The van der Waals surface area contributed by atoms with E-state index in [-0.39, 0.29) is 11.3 Å². The summed E-state index contributed by atoms with van der Waals surface area (Å²) in [6.45, 7) is 0. The minimum atomic E-state index is -0.115. The average Bonchev–Trinajstić information content (AvgIpc) is 3.21. The average molecular weight is 409 g/mol. The number of nitrogens with one attached hydrogen (secondary N) is 1. The molecule has 1 N–H and O–H groups in total. The van der Waals surface area contributed by atoms with Crippen LogP contribution in [0.25, 0.3) is 0 Å². The lowest BCUT2D eigenvalue weighted by Crippen LogP contribution is -2.49. The third-order valence-electron chi connectivity index (χ3n) is 7.86. The van der Waals surface area contributed by atoms with Crippen LogP contribution < -0.4 is 5.32 Å². The molecule has 5 heteroatoms. The molecule has 1 aromatic rings. The molecule has 1 amide bonds. The van der Waals surface area contributed by atoms with Crippen LogP contribution >= 0.6 is 0 Å². The Labute approximate surface area is 183 Å². The van der Waals surface area contributed by atoms with Gasteiger partial charge in [0.2, 0.25) is 0 Å². The van der Waals surface area contributed by atoms with Crippen molar-refractivity contribution >= 4 is 13.8 Å². The first-order chi connectivity index (χ1) is 14.6. The normalized spacial score (nSPS) is 24.0. The molecule has 30 heavy (non-hydrogen) atoms. The Morgan fingerprint density at radius 2 is 1.37 bits per heavy atom. The van der Waals surface area contributed by atoms with Gasteiger partial charge in [0.25, 0.3) is 5.91 Å². The number of carbonyl (C=O) groups is 1. The minimum absolute atomic E-state index is 0.0228. The molecule has 3 saturated carbocycles. The second-order valence-corrected chi connectivity index (χ2v) is 10.5. The maximum Gasteiger partial charge on any atom is 0.269 e. The van der Waals surface area contributed by atoms with Crippen LogP contribution in [-0.4, -0.2) is 29.2 Å². The highest BCUT2D eigenvalue weighted by Crippen LogP contribution is 2.38. The summed E-state index contributed by atoms with van der Waals surface area (Å²) < 4.78 is 0. The number of hydrogen-bond acceptors (Lipinski definition) is 3. The number of nitrogens with zero attached hydrogens (tertiary/aromatic N) is 2. The summed E-state index contributed by atoms with van der Waals surface area (Å²) in [6, 6.07) is 2.01. The zero-order valence-electron chi connectivity index (χ0n) is 19.1. The van der Waals surface area contributed by atoms with Gasteiger partial charge in [0, 0.05) is 23.0 Å². The molecule has 0 aromatic carbocycles. The van der Waals surface area contributed by atoms with Gasteiger partial charge in [0.1, 0.15) is 19.4 Å². The molecule has 0 aliphatic heterocycles. The molecule has 3 aliphatic carbocycles. The molecule has 3 aliphatic rings. The molecule has 164 valence electrons. The lowest BCUT2D eigenvalue weighted by atomic mass is 9.70. The van der Waals surface area contributed by atoms with E-state index in [1.54, 1.807) is 0 Å². The van der Waals surface area contributed by atoms with Gasteiger partial charge in [-0.05, 0) is 44.6 Å². The smallest absolute Gasteiger partial charge is 0.269 e. The lowest BCUT2D eigenvalue weighted by molar-refractivity contribution is 0.0913. The molecule has 0 unspecified atom stereocenters. The predicted molar refractivity (Wildman–Crippen MR) is 125 cm³/mol. The van der Waals surface area contributed by atoms with E-state index in [0.29, 0.717) is 17.5 Å². The highest BCUT2D eigenvalue weighted by Gasteiger charge is 2.30. The van der Waals surface area contributed by atoms with Crippen molar-refractivity contribution in [3.63, 3.8) is 0 Å². The summed E-state index contributed by atoms with van der Waals surface area (Å²) in [4.78, 5) is 23.2. The van der Waals surface area contributed by atoms with E-state index in [0.717, 1.165) is 24.4 Å². The van der Waals surface area contributed by atoms with Crippen LogP contribution in [0.5, 0.6) is 0 Å². The first-order valence-electron chi connectivity index (χ1n) is 12.8. The molecule has 0 radical (unpaired) electrons. The molecular weight excluding hydrogens is 369 g/mol. The van der Waals surface area contributed by atoms with Gasteiger partial charge in [0.15, 0.2) is 0 Å². The second-order valence-electron chi connectivity index (χ2n) is 10.5. The summed E-state index contributed by atoms with van der Waals surface area (Å²) in [6.07, 6.45) is 21.2. The minimum Gasteiger partial charge on any atom is -0.353 e. The van der Waals surface area contributed by atoms with Crippen LogP contribution in [0.4, 0.5) is 0 Å². The molecule has 1 aromatic heterocycles. The molecule has 1 heterocycles. The number of carbonyl (C=O) groups excluding carboxylic acids is 1. The molecule has 0 bridgehead atoms. The van der Waals surface area contributed by atoms with E-state index < -0.39 is 0 Å². The van der Waals surface area contributed by atoms with Crippen molar-refractivity contribution in [1.29, 1.82) is 0 Å². The maximum atomic E-state index is 13.4. The van der Waals surface area contributed by atoms with Crippen LogP contribution in [0.2, 0.25) is 0 Å². The fourth-order valence-electron chi connectivity index (χ4n) is 5.56. The van der Waals surface area contributed by atoms with Crippen LogP contribution in [0.3, 0.4) is 0 Å². The van der Waals surface area contributed by atoms with Gasteiger partial charge in [-0.1, -0.05) is 70.6 Å². The van der Waals surface area contributed by atoms with E-state index >= 15 is 0 Å². The summed E-state index contributed by atoms with van der Waals surface area (Å²) in [5, 5.41) is 3.44. The molecule has 0 atom stereocenters. The van der Waals surface area contributed by atoms with Crippen molar-refractivity contribution in [1.82, 2.24) is 15.3 Å². The molecule has 4 nitrogen and oxygen atoms in total. The zero-order chi connectivity index (χ0) is 20.8. The lowest BCUT2D eigenvalue weighted by Gasteiger charge is -2.32. The van der Waals surface area contributed by atoms with E-state index in [2.05, 4.69) is 13.2 Å². The Kier molecular flexibility index (Phi) is 7.48. The molecular formula is C25H40BN3O. The Balaban J connectivity index is 1.50. The van der Waals surface area contributed by atoms with Gasteiger partial charge in [-0.25, -0.2) is 9.97 Å². The van der Waals surface area contributed by atoms with Gasteiger partial charge in [-0.3, -0.25) is 4.79 Å². The summed E-state index contributed by atoms with van der Waals surface area (Å²) in [5.74, 6) is 1.95. The quantitative estimate of drug-likeness (QED) is 0.680. The van der Waals surface area contributed by atoms with E-state index in [1.165, 1.54) is 96.3 Å². The molecule has 4 rings (SSSR count). The Morgan fingerprint density at radius 3 is 1.93 bits per heavy atom. The van der Waals surface area contributed by atoms with Crippen LogP contribution in [-0.2, 0) is 0 Å². The summed E-state index contributed by atoms with van der Waals surface area (Å²) >= 11 is 0. The first kappa shape index (κ1) is 21.8. The maximum absolute atomic E-state index is 13.4. The topological polar surface area (TPSA) is 54.9 Å². The predicted octanol–water partition coefficient (Wildman–Crippen LogP) is 5.38. The number of rotatable bonds is 4. The van der Waals surface area contributed by atoms with E-state index in [9.17, 15) is 4.79 Å². The third kappa shape index (κ3) is 5.65. The van der Waals surface area contributed by atoms with Crippen LogP contribution in [0.1, 0.15) is 143 Å². The first-order valence-corrected chi connectivity index (χ1v) is 12.8. The zero-order valence-corrected chi connectivity index (χ0v) is 19.1. The van der Waals surface area contributed by atoms with Crippen LogP contribution in [0, 0.1) is 0 Å². The van der Waals surface area contributed by atoms with Gasteiger partial charge < -0.3 is 5.32 Å². The van der Waals surface area contributed by atoms with Gasteiger partial charge >= 0.3 is 0 Å². The van der Waals surface area contributed by atoms with Crippen molar-refractivity contribution in [2.45, 2.75) is 126 Å². The fraction of sp³-hybridized carbons (Fsp3) is 0.800. The van der Waals surface area contributed by atoms with Gasteiger partial charge in [0.05, 0.1) is 0 Å². The standard InChI is InChI=1S/C25H40BN3O/c26-25(16-9-5-3-1-2-4-6-10-17-25)29-24(30)22-18-21(19-14-11-15-19)27-23(28-22)20-12-7-8-13-20/h18-20H,1-17,26H2,(H,29,30). The third-order valence-corrected chi connectivity index (χ3v) is 7.86. The fourth-order valence-corrected chi connectivity index (χ4v) is 5.56. The highest BCUT2D eigenvalue weighted by molar-refractivity contribution is 6.17. The van der Waals surface area contributed by atoms with Crippen molar-refractivity contribution in [3.8, 4) is 0 Å². The van der Waals surface area contributed by atoms with Crippen LogP contribution in [0.15, 0.2) is 6.07 Å². The Hall–Kier alpha value is -1.39. The molecule has 3 fully saturated rings. The van der Waals surface area contributed by atoms with Crippen molar-refractivity contribution in [2.75, 3.05) is 0 Å². The number of amides is 1. The Morgan fingerprint density at radius 1 is 0.800 bits per heavy atom. The van der Waals surface area contributed by atoms with Crippen molar-refractivity contribution in [3.05, 3.63) is 23.3 Å². The van der Waals surface area contributed by atoms with Gasteiger partial charge in [-0.15, -0.1) is 0 Å². The SMILES string of the molecule is BC1(NC(=O)c2cc(C3CCC3)nc(C3CCCC3)n2)CCCCCCCCCC1. The van der Waals surface area contributed by atoms with E-state index in [1.807, 2.05) is 6.07 Å². The summed E-state index contributed by atoms with van der Waals surface area (Å²) in [7, 11) is 2.26. The molecule has 0 spiro atoms. The van der Waals surface area contributed by atoms with Crippen molar-refractivity contribution in [2.24, 2.45) is 0 Å². The summed E-state index contributed by atoms with van der Waals surface area (Å²) in [5.41, 5.74) is 1.62. The molecule has 0 saturated heterocycles. The van der Waals surface area contributed by atoms with Gasteiger partial charge in [-0.2, -0.15) is 0 Å². The van der Waals surface area contributed by atoms with E-state index in [4.69, 9.17) is 9.97 Å². The second kappa shape index (κ2) is 10.3. The number of aromatic nitrogens is 2. The monoisotopic (exact) mass is 409 g/mol. The Bertz CT molecular complexity index is 700.